The van der Waals surface area contributed by atoms with Gasteiger partial charge in [-0.15, -0.1) is 0 Å². The van der Waals surface area contributed by atoms with Crippen LogP contribution in [0.2, 0.25) is 5.02 Å². The van der Waals surface area contributed by atoms with Gasteiger partial charge in [0.2, 0.25) is 0 Å². The highest BCUT2D eigenvalue weighted by molar-refractivity contribution is 6.30. The number of ether oxygens (including phenoxy) is 1. The summed E-state index contributed by atoms with van der Waals surface area (Å²) in [5.41, 5.74) is 1.62. The zero-order chi connectivity index (χ0) is 16.2. The lowest BCUT2D eigenvalue weighted by molar-refractivity contribution is 0.0473. The van der Waals surface area contributed by atoms with E-state index in [9.17, 15) is 9.59 Å². The molecule has 1 aliphatic rings. The number of nitrogens with zero attached hydrogens (tertiary/aromatic N) is 1. The number of hydrogen-bond acceptors (Lipinski definition) is 3. The van der Waals surface area contributed by atoms with Crippen molar-refractivity contribution >= 4 is 23.5 Å². The maximum Gasteiger partial charge on any atom is 0.340 e. The SMILES string of the molecule is O=C(OCc1ccc(Cl)cc1)c1c[nH]c(C(=O)N2CCCC2)c1. The maximum absolute atomic E-state index is 12.2. The Labute approximate surface area is 139 Å². The van der Waals surface area contributed by atoms with Crippen LogP contribution >= 0.6 is 11.6 Å². The van der Waals surface area contributed by atoms with Crippen molar-refractivity contribution in [3.63, 3.8) is 0 Å². The predicted octanol–water partition coefficient (Wildman–Crippen LogP) is 3.26. The molecule has 120 valence electrons. The van der Waals surface area contributed by atoms with Gasteiger partial charge in [-0.3, -0.25) is 4.79 Å². The summed E-state index contributed by atoms with van der Waals surface area (Å²) in [4.78, 5) is 28.9. The molecule has 1 amide bonds. The molecular weight excluding hydrogens is 316 g/mol. The van der Waals surface area contributed by atoms with E-state index >= 15 is 0 Å². The summed E-state index contributed by atoms with van der Waals surface area (Å²) in [6.45, 7) is 1.71. The van der Waals surface area contributed by atoms with Crippen LogP contribution in [-0.4, -0.2) is 34.8 Å². The van der Waals surface area contributed by atoms with Crippen molar-refractivity contribution in [3.8, 4) is 0 Å². The number of amides is 1. The summed E-state index contributed by atoms with van der Waals surface area (Å²) in [7, 11) is 0. The number of aromatic amines is 1. The van der Waals surface area contributed by atoms with E-state index in [0.29, 0.717) is 16.3 Å². The van der Waals surface area contributed by atoms with Crippen LogP contribution in [-0.2, 0) is 11.3 Å². The van der Waals surface area contributed by atoms with E-state index in [1.165, 1.54) is 6.20 Å². The van der Waals surface area contributed by atoms with E-state index in [1.807, 2.05) is 0 Å². The number of H-pyrrole nitrogens is 1. The molecule has 0 aliphatic carbocycles. The lowest BCUT2D eigenvalue weighted by Gasteiger charge is -2.13. The second-order valence-corrected chi connectivity index (χ2v) is 5.94. The molecule has 1 fully saturated rings. The first-order valence-electron chi connectivity index (χ1n) is 7.53. The monoisotopic (exact) mass is 332 g/mol. The van der Waals surface area contributed by atoms with Crippen LogP contribution < -0.4 is 0 Å². The van der Waals surface area contributed by atoms with Crippen LogP contribution in [0, 0.1) is 0 Å². The maximum atomic E-state index is 12.2. The summed E-state index contributed by atoms with van der Waals surface area (Å²) in [5.74, 6) is -0.532. The molecule has 0 radical (unpaired) electrons. The van der Waals surface area contributed by atoms with Gasteiger partial charge in [-0.2, -0.15) is 0 Å². The molecule has 5 nitrogen and oxygen atoms in total. The Morgan fingerprint density at radius 1 is 1.17 bits per heavy atom. The van der Waals surface area contributed by atoms with E-state index in [1.54, 1.807) is 35.2 Å². The van der Waals surface area contributed by atoms with Crippen LogP contribution in [0.1, 0.15) is 39.3 Å². The fourth-order valence-electron chi connectivity index (χ4n) is 2.54. The van der Waals surface area contributed by atoms with E-state index in [-0.39, 0.29) is 12.5 Å². The van der Waals surface area contributed by atoms with Gasteiger partial charge in [0.1, 0.15) is 12.3 Å². The van der Waals surface area contributed by atoms with Gasteiger partial charge in [-0.1, -0.05) is 23.7 Å². The zero-order valence-corrected chi connectivity index (χ0v) is 13.3. The normalized spacial score (nSPS) is 14.0. The summed E-state index contributed by atoms with van der Waals surface area (Å²) in [6.07, 6.45) is 3.57. The largest absolute Gasteiger partial charge is 0.457 e. The Kier molecular flexibility index (Phi) is 4.67. The van der Waals surface area contributed by atoms with Gasteiger partial charge in [0, 0.05) is 24.3 Å². The number of aromatic nitrogens is 1. The molecule has 2 aromatic rings. The lowest BCUT2D eigenvalue weighted by Crippen LogP contribution is -2.27. The van der Waals surface area contributed by atoms with Crippen molar-refractivity contribution in [3.05, 3.63) is 58.4 Å². The third-order valence-electron chi connectivity index (χ3n) is 3.83. The third kappa shape index (κ3) is 3.74. The second-order valence-electron chi connectivity index (χ2n) is 5.50. The number of carbonyl (C=O) groups is 2. The standard InChI is InChI=1S/C17H17ClN2O3/c18-14-5-3-12(4-6-14)11-23-17(22)13-9-15(19-10-13)16(21)20-7-1-2-8-20/h3-6,9-10,19H,1-2,7-8,11H2. The molecule has 3 rings (SSSR count). The zero-order valence-electron chi connectivity index (χ0n) is 12.5. The topological polar surface area (TPSA) is 62.4 Å². The molecule has 1 aliphatic heterocycles. The minimum Gasteiger partial charge on any atom is -0.457 e. The molecule has 0 saturated carbocycles. The smallest absolute Gasteiger partial charge is 0.340 e. The summed E-state index contributed by atoms with van der Waals surface area (Å²) in [5, 5.41) is 0.635. The van der Waals surface area contributed by atoms with Crippen molar-refractivity contribution in [2.24, 2.45) is 0 Å². The minimum absolute atomic E-state index is 0.0701. The van der Waals surface area contributed by atoms with E-state index in [4.69, 9.17) is 16.3 Å². The van der Waals surface area contributed by atoms with Crippen molar-refractivity contribution < 1.29 is 14.3 Å². The van der Waals surface area contributed by atoms with Crippen LogP contribution in [0.5, 0.6) is 0 Å². The van der Waals surface area contributed by atoms with Gasteiger partial charge in [0.05, 0.1) is 5.56 Å². The highest BCUT2D eigenvalue weighted by Crippen LogP contribution is 2.15. The Bertz CT molecular complexity index is 703. The highest BCUT2D eigenvalue weighted by atomic mass is 35.5. The molecular formula is C17H17ClN2O3. The molecule has 23 heavy (non-hydrogen) atoms. The van der Waals surface area contributed by atoms with Crippen molar-refractivity contribution in [1.82, 2.24) is 9.88 Å². The molecule has 1 aromatic heterocycles. The summed E-state index contributed by atoms with van der Waals surface area (Å²) < 4.78 is 5.25. The lowest BCUT2D eigenvalue weighted by atomic mass is 10.2. The molecule has 0 spiro atoms. The van der Waals surface area contributed by atoms with Crippen LogP contribution in [0.3, 0.4) is 0 Å². The number of esters is 1. The Morgan fingerprint density at radius 2 is 1.87 bits per heavy atom. The van der Waals surface area contributed by atoms with E-state index in [2.05, 4.69) is 4.98 Å². The van der Waals surface area contributed by atoms with Crippen molar-refractivity contribution in [2.45, 2.75) is 19.4 Å². The van der Waals surface area contributed by atoms with Gasteiger partial charge in [0.25, 0.3) is 5.91 Å². The second kappa shape index (κ2) is 6.87. The number of hydrogen-bond donors (Lipinski definition) is 1. The van der Waals surface area contributed by atoms with Crippen molar-refractivity contribution in [1.29, 1.82) is 0 Å². The fraction of sp³-hybridized carbons (Fsp3) is 0.294. The summed E-state index contributed by atoms with van der Waals surface area (Å²) in [6, 6.07) is 8.64. The molecule has 1 aromatic carbocycles. The van der Waals surface area contributed by atoms with E-state index in [0.717, 1.165) is 31.5 Å². The molecule has 1 N–H and O–H groups in total. The van der Waals surface area contributed by atoms with Crippen LogP contribution in [0.25, 0.3) is 0 Å². The molecule has 0 atom stereocenters. The van der Waals surface area contributed by atoms with E-state index < -0.39 is 5.97 Å². The Morgan fingerprint density at radius 3 is 2.57 bits per heavy atom. The first-order valence-corrected chi connectivity index (χ1v) is 7.90. The van der Waals surface area contributed by atoms with Crippen LogP contribution in [0.15, 0.2) is 36.5 Å². The Hall–Kier alpha value is -2.27. The fourth-order valence-corrected chi connectivity index (χ4v) is 2.67. The van der Waals surface area contributed by atoms with Gasteiger partial charge in [0.15, 0.2) is 0 Å². The molecule has 2 heterocycles. The average Bonchev–Trinajstić information content (AvgIpc) is 3.25. The number of likely N-dealkylation sites (tertiary alicyclic amines) is 1. The molecule has 0 unspecified atom stereocenters. The van der Waals surface area contributed by atoms with Gasteiger partial charge in [-0.25, -0.2) is 4.79 Å². The first-order chi connectivity index (χ1) is 11.1. The number of rotatable bonds is 4. The highest BCUT2D eigenvalue weighted by Gasteiger charge is 2.22. The number of nitrogens with one attached hydrogen (secondary N) is 1. The molecule has 1 saturated heterocycles. The third-order valence-corrected chi connectivity index (χ3v) is 4.08. The van der Waals surface area contributed by atoms with Crippen LogP contribution in [0.4, 0.5) is 0 Å². The van der Waals surface area contributed by atoms with Gasteiger partial charge in [-0.05, 0) is 36.6 Å². The average molecular weight is 333 g/mol. The minimum atomic E-state index is -0.461. The first kappa shape index (κ1) is 15.6. The number of halogens is 1. The quantitative estimate of drug-likeness (QED) is 0.874. The van der Waals surface area contributed by atoms with Gasteiger partial charge < -0.3 is 14.6 Å². The number of benzene rings is 1. The van der Waals surface area contributed by atoms with Gasteiger partial charge >= 0.3 is 5.97 Å². The Balaban J connectivity index is 1.59. The molecule has 6 heteroatoms. The van der Waals surface area contributed by atoms with Crippen molar-refractivity contribution in [2.75, 3.05) is 13.1 Å². The number of carbonyl (C=O) groups excluding carboxylic acids is 2. The summed E-state index contributed by atoms with van der Waals surface area (Å²) >= 11 is 5.81. The predicted molar refractivity (Wildman–Crippen MR) is 86.5 cm³/mol. The molecule has 0 bridgehead atoms.